The zero-order valence-electron chi connectivity index (χ0n) is 12.4. The molecule has 0 bridgehead atoms. The van der Waals surface area contributed by atoms with E-state index in [9.17, 15) is 14.4 Å². The summed E-state index contributed by atoms with van der Waals surface area (Å²) < 4.78 is 1.69. The fraction of sp³-hybridized carbons (Fsp3) is 0.176. The maximum atomic E-state index is 12.5. The van der Waals surface area contributed by atoms with E-state index >= 15 is 0 Å². The molecule has 5 nitrogen and oxygen atoms in total. The highest BCUT2D eigenvalue weighted by atomic mass is 16.2. The molecule has 112 valence electrons. The molecular formula is C17H16N2O3. The van der Waals surface area contributed by atoms with Crippen molar-refractivity contribution in [1.29, 1.82) is 0 Å². The molecule has 1 aromatic heterocycles. The molecule has 0 fully saturated rings. The number of ketones is 1. The molecule has 0 aliphatic rings. The predicted octanol–water partition coefficient (Wildman–Crippen LogP) is 1.57. The largest absolute Gasteiger partial charge is 0.344 e. The zero-order valence-corrected chi connectivity index (χ0v) is 12.4. The Morgan fingerprint density at radius 2 is 1.86 bits per heavy atom. The lowest BCUT2D eigenvalue weighted by atomic mass is 10.1. The number of aromatic nitrogens is 1. The molecule has 0 unspecified atom stereocenters. The third kappa shape index (κ3) is 3.40. The Hall–Kier alpha value is -2.91. The second kappa shape index (κ2) is 6.70. The van der Waals surface area contributed by atoms with Gasteiger partial charge in [-0.2, -0.15) is 0 Å². The number of benzene rings is 1. The van der Waals surface area contributed by atoms with Gasteiger partial charge in [0.15, 0.2) is 0 Å². The second-order valence-electron chi connectivity index (χ2n) is 4.97. The molecule has 0 radical (unpaired) electrons. The van der Waals surface area contributed by atoms with Gasteiger partial charge in [0, 0.05) is 18.3 Å². The van der Waals surface area contributed by atoms with Crippen molar-refractivity contribution in [1.82, 2.24) is 9.88 Å². The highest BCUT2D eigenvalue weighted by Crippen LogP contribution is 2.14. The first-order chi connectivity index (χ1) is 10.5. The molecule has 5 heteroatoms. The summed E-state index contributed by atoms with van der Waals surface area (Å²) >= 11 is 0. The van der Waals surface area contributed by atoms with Gasteiger partial charge < -0.3 is 9.88 Å². The van der Waals surface area contributed by atoms with Gasteiger partial charge >= 0.3 is 0 Å². The maximum Gasteiger partial charge on any atom is 0.230 e. The average Bonchev–Trinajstić information content (AvgIpc) is 2.86. The SMILES string of the molecule is Cc1ccc(C(=O)c2ccc(CC(=O)NC=C=O)n2C)cc1. The first-order valence-electron chi connectivity index (χ1n) is 6.77. The van der Waals surface area contributed by atoms with Crippen molar-refractivity contribution in [3.05, 3.63) is 65.1 Å². The standard InChI is InChI=1S/C17H16N2O3/c1-12-3-5-13(6-4-12)17(22)15-8-7-14(19(15)2)11-16(21)18-9-10-20/h3-9H,11H2,1-2H3,(H,18,21). The molecular weight excluding hydrogens is 280 g/mol. The van der Waals surface area contributed by atoms with E-state index in [0.29, 0.717) is 17.0 Å². The number of nitrogens with one attached hydrogen (secondary N) is 1. The Bertz CT molecular complexity index is 751. The first-order valence-corrected chi connectivity index (χ1v) is 6.77. The topological polar surface area (TPSA) is 68.2 Å². The number of hydrogen-bond donors (Lipinski definition) is 1. The molecule has 0 aliphatic carbocycles. The van der Waals surface area contributed by atoms with Gasteiger partial charge in [-0.05, 0) is 19.1 Å². The number of carbonyl (C=O) groups is 2. The molecule has 0 saturated heterocycles. The molecule has 0 saturated carbocycles. The minimum atomic E-state index is -0.334. The van der Waals surface area contributed by atoms with Crippen LogP contribution in [0.4, 0.5) is 0 Å². The van der Waals surface area contributed by atoms with Gasteiger partial charge in [0.05, 0.1) is 18.3 Å². The smallest absolute Gasteiger partial charge is 0.230 e. The fourth-order valence-corrected chi connectivity index (χ4v) is 2.14. The molecule has 22 heavy (non-hydrogen) atoms. The molecule has 1 aromatic carbocycles. The summed E-state index contributed by atoms with van der Waals surface area (Å²) in [5.41, 5.74) is 2.89. The van der Waals surface area contributed by atoms with Crippen molar-refractivity contribution >= 4 is 17.6 Å². The van der Waals surface area contributed by atoms with Gasteiger partial charge in [0.1, 0.15) is 5.94 Å². The zero-order chi connectivity index (χ0) is 16.1. The molecule has 0 aliphatic heterocycles. The quantitative estimate of drug-likeness (QED) is 0.672. The van der Waals surface area contributed by atoms with Gasteiger partial charge in [-0.25, -0.2) is 4.79 Å². The van der Waals surface area contributed by atoms with Crippen molar-refractivity contribution in [3.8, 4) is 0 Å². The summed E-state index contributed by atoms with van der Waals surface area (Å²) in [6.45, 7) is 1.96. The van der Waals surface area contributed by atoms with Crippen LogP contribution in [-0.4, -0.2) is 22.2 Å². The van der Waals surface area contributed by atoms with Crippen LogP contribution < -0.4 is 5.32 Å². The summed E-state index contributed by atoms with van der Waals surface area (Å²) in [5.74, 6) is 1.05. The number of carbonyl (C=O) groups excluding carboxylic acids is 3. The monoisotopic (exact) mass is 296 g/mol. The van der Waals surface area contributed by atoms with Crippen molar-refractivity contribution in [2.24, 2.45) is 7.05 Å². The number of hydrogen-bond acceptors (Lipinski definition) is 3. The molecule has 1 amide bonds. The Balaban J connectivity index is 2.20. The normalized spacial score (nSPS) is 9.91. The van der Waals surface area contributed by atoms with Gasteiger partial charge in [-0.3, -0.25) is 9.59 Å². The lowest BCUT2D eigenvalue weighted by Gasteiger charge is -2.07. The van der Waals surface area contributed by atoms with Crippen molar-refractivity contribution in [2.45, 2.75) is 13.3 Å². The van der Waals surface area contributed by atoms with Gasteiger partial charge in [0.2, 0.25) is 11.7 Å². The summed E-state index contributed by atoms with van der Waals surface area (Å²) in [6, 6.07) is 10.8. The van der Waals surface area contributed by atoms with Crippen LogP contribution in [0, 0.1) is 6.92 Å². The lowest BCUT2D eigenvalue weighted by molar-refractivity contribution is -0.119. The van der Waals surface area contributed by atoms with Gasteiger partial charge in [0.25, 0.3) is 0 Å². The van der Waals surface area contributed by atoms with Crippen LogP contribution in [-0.2, 0) is 23.1 Å². The van der Waals surface area contributed by atoms with E-state index < -0.39 is 0 Å². The summed E-state index contributed by atoms with van der Waals surface area (Å²) in [7, 11) is 1.74. The van der Waals surface area contributed by atoms with E-state index in [1.165, 1.54) is 5.94 Å². The number of nitrogens with zero attached hydrogens (tertiary/aromatic N) is 1. The average molecular weight is 296 g/mol. The second-order valence-corrected chi connectivity index (χ2v) is 4.97. The van der Waals surface area contributed by atoms with Crippen LogP contribution in [0.15, 0.2) is 42.6 Å². The molecule has 1 N–H and O–H groups in total. The highest BCUT2D eigenvalue weighted by Gasteiger charge is 2.15. The minimum absolute atomic E-state index is 0.0792. The molecule has 0 atom stereocenters. The van der Waals surface area contributed by atoms with Crippen LogP contribution in [0.25, 0.3) is 0 Å². The van der Waals surface area contributed by atoms with Crippen LogP contribution in [0.1, 0.15) is 27.3 Å². The number of aryl methyl sites for hydroxylation is 1. The lowest BCUT2D eigenvalue weighted by Crippen LogP contribution is -2.21. The van der Waals surface area contributed by atoms with E-state index in [4.69, 9.17) is 0 Å². The first kappa shape index (κ1) is 15.5. The van der Waals surface area contributed by atoms with Crippen molar-refractivity contribution in [3.63, 3.8) is 0 Å². The Labute approximate surface area is 128 Å². The maximum absolute atomic E-state index is 12.5. The molecule has 2 rings (SSSR count). The van der Waals surface area contributed by atoms with Crippen LogP contribution in [0.5, 0.6) is 0 Å². The van der Waals surface area contributed by atoms with E-state index in [1.807, 2.05) is 19.1 Å². The molecule has 2 aromatic rings. The van der Waals surface area contributed by atoms with E-state index in [-0.39, 0.29) is 18.1 Å². The minimum Gasteiger partial charge on any atom is -0.344 e. The third-order valence-corrected chi connectivity index (χ3v) is 3.41. The van der Waals surface area contributed by atoms with Gasteiger partial charge in [-0.1, -0.05) is 29.8 Å². The van der Waals surface area contributed by atoms with E-state index in [1.54, 1.807) is 35.9 Å². The van der Waals surface area contributed by atoms with Crippen LogP contribution in [0.3, 0.4) is 0 Å². The Morgan fingerprint density at radius 1 is 1.18 bits per heavy atom. The summed E-state index contributed by atoms with van der Waals surface area (Å²) in [5, 5.41) is 2.30. The van der Waals surface area contributed by atoms with E-state index in [0.717, 1.165) is 11.8 Å². The van der Waals surface area contributed by atoms with Crippen molar-refractivity contribution < 1.29 is 14.4 Å². The number of amides is 1. The third-order valence-electron chi connectivity index (χ3n) is 3.41. The summed E-state index contributed by atoms with van der Waals surface area (Å²) in [4.78, 5) is 34.1. The van der Waals surface area contributed by atoms with Gasteiger partial charge in [-0.15, -0.1) is 0 Å². The molecule has 0 spiro atoms. The molecule has 1 heterocycles. The van der Waals surface area contributed by atoms with E-state index in [2.05, 4.69) is 5.32 Å². The predicted molar refractivity (Wildman–Crippen MR) is 82.1 cm³/mol. The van der Waals surface area contributed by atoms with Crippen LogP contribution >= 0.6 is 0 Å². The Morgan fingerprint density at radius 3 is 2.50 bits per heavy atom. The van der Waals surface area contributed by atoms with Crippen molar-refractivity contribution in [2.75, 3.05) is 0 Å². The summed E-state index contributed by atoms with van der Waals surface area (Å²) in [6.07, 6.45) is 1.000. The Kier molecular flexibility index (Phi) is 4.71. The fourth-order valence-electron chi connectivity index (χ4n) is 2.14. The number of rotatable bonds is 5. The van der Waals surface area contributed by atoms with Crippen LogP contribution in [0.2, 0.25) is 0 Å². The highest BCUT2D eigenvalue weighted by molar-refractivity contribution is 6.08.